The van der Waals surface area contributed by atoms with E-state index in [1.165, 1.54) is 205 Å². The third kappa shape index (κ3) is 45.9. The monoisotopic (exact) mass is 1160 g/mol. The van der Waals surface area contributed by atoms with Gasteiger partial charge in [0.05, 0.1) is 25.4 Å². The number of hydrogen-bond acceptors (Lipinski definition) is 10. The van der Waals surface area contributed by atoms with Crippen LogP contribution in [0.5, 0.6) is 0 Å². The van der Waals surface area contributed by atoms with Crippen molar-refractivity contribution in [2.45, 2.75) is 378 Å². The zero-order chi connectivity index (χ0) is 59.6. The molecule has 8 atom stereocenters. The number of ether oxygens (including phenoxy) is 3. The van der Waals surface area contributed by atoms with Crippen LogP contribution in [0.2, 0.25) is 0 Å². The van der Waals surface area contributed by atoms with Crippen LogP contribution < -0.4 is 5.32 Å². The van der Waals surface area contributed by atoms with Gasteiger partial charge >= 0.3 is 5.97 Å². The van der Waals surface area contributed by atoms with Crippen molar-refractivity contribution in [1.29, 1.82) is 0 Å². The maximum atomic E-state index is 13.4. The van der Waals surface area contributed by atoms with Crippen molar-refractivity contribution < 1.29 is 49.3 Å². The predicted molar refractivity (Wildman–Crippen MR) is 343 cm³/mol. The standard InChI is InChI=1S/C71H131NO10/c1-4-7-10-13-16-19-22-25-27-29-30-31-32-33-34-35-36-37-39-41-44-47-50-53-56-59-66(76)82-69-68(78)67(77)65(60-73)81-71(69)80-61-62(63(74)57-54-51-48-45-42-24-21-18-15-12-9-6-3)72-70(79)64(75)58-55-52-49-46-43-40-38-28-26-23-20-17-14-11-8-5-2/h16,19,25-28,54,57,62-65,67-69,71,73-75,77-78H,4-15,17-18,20-24,29-53,55-56,58-61H2,1-3H3,(H,72,79)/b19-16-,27-25-,28-26+,57-54+. The van der Waals surface area contributed by atoms with Crippen LogP contribution in [0, 0.1) is 0 Å². The molecule has 1 heterocycles. The average Bonchev–Trinajstić information content (AvgIpc) is 3.56. The van der Waals surface area contributed by atoms with Gasteiger partial charge in [-0.05, 0) is 83.5 Å². The van der Waals surface area contributed by atoms with Crippen molar-refractivity contribution >= 4 is 11.9 Å². The first-order valence-electron chi connectivity index (χ1n) is 34.9. The average molecular weight is 1160 g/mol. The third-order valence-corrected chi connectivity index (χ3v) is 16.5. The number of amides is 1. The molecule has 1 amide bonds. The summed E-state index contributed by atoms with van der Waals surface area (Å²) in [5, 5.41) is 57.2. The molecule has 0 radical (unpaired) electrons. The van der Waals surface area contributed by atoms with Gasteiger partial charge in [-0.3, -0.25) is 9.59 Å². The van der Waals surface area contributed by atoms with E-state index in [9.17, 15) is 35.1 Å². The molecule has 1 rings (SSSR count). The first-order chi connectivity index (χ1) is 40.2. The highest BCUT2D eigenvalue weighted by Gasteiger charge is 2.47. The Kier molecular flexibility index (Phi) is 55.8. The van der Waals surface area contributed by atoms with Crippen molar-refractivity contribution in [2.75, 3.05) is 13.2 Å². The summed E-state index contributed by atoms with van der Waals surface area (Å²) >= 11 is 0. The molecule has 0 saturated carbocycles. The molecule has 82 heavy (non-hydrogen) atoms. The van der Waals surface area contributed by atoms with E-state index >= 15 is 0 Å². The van der Waals surface area contributed by atoms with Gasteiger partial charge in [0.2, 0.25) is 5.91 Å². The fourth-order valence-corrected chi connectivity index (χ4v) is 10.9. The van der Waals surface area contributed by atoms with Crippen molar-refractivity contribution in [3.63, 3.8) is 0 Å². The molecular weight excluding hydrogens is 1030 g/mol. The molecule has 0 bridgehead atoms. The number of carbonyl (C=O) groups is 2. The molecule has 1 fully saturated rings. The molecule has 1 aliphatic rings. The smallest absolute Gasteiger partial charge is 0.306 e. The van der Waals surface area contributed by atoms with Gasteiger partial charge in [0.1, 0.15) is 24.4 Å². The molecule has 1 saturated heterocycles. The number of aliphatic hydroxyl groups is 5. The summed E-state index contributed by atoms with van der Waals surface area (Å²) in [7, 11) is 0. The Morgan fingerprint density at radius 2 is 0.841 bits per heavy atom. The second kappa shape index (κ2) is 59.0. The second-order valence-electron chi connectivity index (χ2n) is 24.3. The Labute approximate surface area is 504 Å². The highest BCUT2D eigenvalue weighted by atomic mass is 16.7. The summed E-state index contributed by atoms with van der Waals surface area (Å²) in [6, 6.07) is -1.02. The highest BCUT2D eigenvalue weighted by molar-refractivity contribution is 5.80. The molecule has 11 nitrogen and oxygen atoms in total. The van der Waals surface area contributed by atoms with Crippen LogP contribution in [-0.4, -0.2) is 99.6 Å². The summed E-state index contributed by atoms with van der Waals surface area (Å²) in [4.78, 5) is 26.6. The van der Waals surface area contributed by atoms with Crippen LogP contribution in [0.1, 0.15) is 329 Å². The largest absolute Gasteiger partial charge is 0.454 e. The lowest BCUT2D eigenvalue weighted by atomic mass is 9.99. The fourth-order valence-electron chi connectivity index (χ4n) is 10.9. The van der Waals surface area contributed by atoms with Gasteiger partial charge in [-0.15, -0.1) is 0 Å². The molecule has 0 aromatic rings. The minimum Gasteiger partial charge on any atom is -0.454 e. The zero-order valence-electron chi connectivity index (χ0n) is 53.4. The van der Waals surface area contributed by atoms with Crippen molar-refractivity contribution in [3.8, 4) is 0 Å². The molecule has 0 spiro atoms. The van der Waals surface area contributed by atoms with Gasteiger partial charge < -0.3 is 45.1 Å². The van der Waals surface area contributed by atoms with E-state index in [4.69, 9.17) is 14.2 Å². The SMILES string of the molecule is CCCCC/C=C\C/C=C\CCCCCCCCCCCCCCCCCC(=O)OC1C(OCC(NC(=O)C(O)CCCCCCCC/C=C/CCCCCCCC)C(O)/C=C/CCCCCCCCCCCC)OC(CO)C(O)C1O. The normalized spacial score (nSPS) is 18.9. The van der Waals surface area contributed by atoms with E-state index < -0.39 is 67.4 Å². The lowest BCUT2D eigenvalue weighted by molar-refractivity contribution is -0.305. The third-order valence-electron chi connectivity index (χ3n) is 16.5. The van der Waals surface area contributed by atoms with E-state index in [0.717, 1.165) is 77.0 Å². The number of allylic oxidation sites excluding steroid dienone is 7. The number of carbonyl (C=O) groups excluding carboxylic acids is 2. The Balaban J connectivity index is 2.56. The predicted octanol–water partition coefficient (Wildman–Crippen LogP) is 17.6. The van der Waals surface area contributed by atoms with Crippen LogP contribution in [0.15, 0.2) is 48.6 Å². The van der Waals surface area contributed by atoms with Gasteiger partial charge in [-0.1, -0.05) is 288 Å². The number of unbranched alkanes of at least 4 members (excludes halogenated alkanes) is 40. The van der Waals surface area contributed by atoms with Crippen LogP contribution in [0.25, 0.3) is 0 Å². The topological polar surface area (TPSA) is 175 Å². The summed E-state index contributed by atoms with van der Waals surface area (Å²) in [5.41, 5.74) is 0. The van der Waals surface area contributed by atoms with Crippen LogP contribution in [-0.2, 0) is 23.8 Å². The van der Waals surface area contributed by atoms with Gasteiger partial charge in [0, 0.05) is 6.42 Å². The Morgan fingerprint density at radius 1 is 0.476 bits per heavy atom. The second-order valence-corrected chi connectivity index (χ2v) is 24.3. The first-order valence-corrected chi connectivity index (χ1v) is 34.9. The molecule has 6 N–H and O–H groups in total. The summed E-state index contributed by atoms with van der Waals surface area (Å²) < 4.78 is 17.7. The number of aliphatic hydroxyl groups excluding tert-OH is 5. The van der Waals surface area contributed by atoms with Gasteiger partial charge in [0.25, 0.3) is 0 Å². The maximum absolute atomic E-state index is 13.4. The number of rotatable bonds is 60. The molecule has 11 heteroatoms. The summed E-state index contributed by atoms with van der Waals surface area (Å²) in [6.45, 7) is 5.79. The van der Waals surface area contributed by atoms with E-state index in [2.05, 4.69) is 62.5 Å². The van der Waals surface area contributed by atoms with Gasteiger partial charge in [-0.25, -0.2) is 0 Å². The highest BCUT2D eigenvalue weighted by Crippen LogP contribution is 2.26. The lowest BCUT2D eigenvalue weighted by Gasteiger charge is -2.41. The van der Waals surface area contributed by atoms with E-state index in [0.29, 0.717) is 12.8 Å². The molecular formula is C71H131NO10. The Morgan fingerprint density at radius 3 is 1.28 bits per heavy atom. The van der Waals surface area contributed by atoms with Gasteiger partial charge in [0.15, 0.2) is 12.4 Å². The molecule has 0 aliphatic carbocycles. The lowest BCUT2D eigenvalue weighted by Crippen LogP contribution is -2.61. The molecule has 8 unspecified atom stereocenters. The fraction of sp³-hybridized carbons (Fsp3) is 0.859. The van der Waals surface area contributed by atoms with Crippen molar-refractivity contribution in [2.24, 2.45) is 0 Å². The quantitative estimate of drug-likeness (QED) is 0.0195. The van der Waals surface area contributed by atoms with Gasteiger partial charge in [-0.2, -0.15) is 0 Å². The Hall–Kier alpha value is -2.38. The Bertz CT molecular complexity index is 1520. The minimum absolute atomic E-state index is 0.125. The van der Waals surface area contributed by atoms with Crippen LogP contribution in [0.4, 0.5) is 0 Å². The maximum Gasteiger partial charge on any atom is 0.306 e. The van der Waals surface area contributed by atoms with Crippen LogP contribution >= 0.6 is 0 Å². The summed E-state index contributed by atoms with van der Waals surface area (Å²) in [5.74, 6) is -1.19. The van der Waals surface area contributed by atoms with Crippen molar-refractivity contribution in [3.05, 3.63) is 48.6 Å². The molecule has 480 valence electrons. The van der Waals surface area contributed by atoms with Crippen molar-refractivity contribution in [1.82, 2.24) is 5.32 Å². The molecule has 0 aromatic carbocycles. The zero-order valence-corrected chi connectivity index (χ0v) is 53.4. The first kappa shape index (κ1) is 77.6. The number of nitrogens with one attached hydrogen (secondary N) is 1. The number of esters is 1. The van der Waals surface area contributed by atoms with Crippen LogP contribution in [0.3, 0.4) is 0 Å². The molecule has 0 aromatic heterocycles. The number of hydrogen-bond donors (Lipinski definition) is 6. The van der Waals surface area contributed by atoms with E-state index in [1.807, 2.05) is 6.08 Å². The molecule has 1 aliphatic heterocycles. The van der Waals surface area contributed by atoms with E-state index in [1.54, 1.807) is 6.08 Å². The minimum atomic E-state index is -1.61. The van der Waals surface area contributed by atoms with E-state index in [-0.39, 0.29) is 19.4 Å². The summed E-state index contributed by atoms with van der Waals surface area (Å²) in [6.07, 6.45) is 62.9.